The Morgan fingerprint density at radius 2 is 1.69 bits per heavy atom. The van der Waals surface area contributed by atoms with Gasteiger partial charge in [0.05, 0.1) is 6.10 Å². The zero-order valence-electron chi connectivity index (χ0n) is 10.3. The Kier molecular flexibility index (Phi) is 4.22. The van der Waals surface area contributed by atoms with Crippen LogP contribution >= 0.6 is 0 Å². The van der Waals surface area contributed by atoms with E-state index >= 15 is 0 Å². The second-order valence-electron chi connectivity index (χ2n) is 5.11. The normalized spacial score (nSPS) is 32.2. The first-order chi connectivity index (χ1) is 7.77. The number of likely N-dealkylation sites (tertiary alicyclic amines) is 1. The molecule has 0 aromatic carbocycles. The van der Waals surface area contributed by atoms with E-state index < -0.39 is 0 Å². The monoisotopic (exact) mass is 225 g/mol. The average Bonchev–Trinajstić information content (AvgIpc) is 2.63. The summed E-state index contributed by atoms with van der Waals surface area (Å²) in [5.74, 6) is 0.242. The minimum Gasteiger partial charge on any atom is -0.365 e. The zero-order valence-corrected chi connectivity index (χ0v) is 10.3. The Bertz CT molecular complexity index is 234. The smallest absolute Gasteiger partial charge is 0.251 e. The molecule has 2 fully saturated rings. The number of nitrogens with zero attached hydrogens (tertiary/aromatic N) is 1. The van der Waals surface area contributed by atoms with Crippen LogP contribution < -0.4 is 0 Å². The van der Waals surface area contributed by atoms with Crippen LogP contribution in [0.4, 0.5) is 0 Å². The van der Waals surface area contributed by atoms with Crippen molar-refractivity contribution < 1.29 is 9.53 Å². The van der Waals surface area contributed by atoms with E-state index in [0.717, 1.165) is 38.8 Å². The maximum Gasteiger partial charge on any atom is 0.251 e. The van der Waals surface area contributed by atoms with Gasteiger partial charge in [0.1, 0.15) is 6.10 Å². The highest BCUT2D eigenvalue weighted by molar-refractivity contribution is 5.81. The van der Waals surface area contributed by atoms with Gasteiger partial charge in [-0.15, -0.1) is 0 Å². The number of ether oxygens (including phenoxy) is 1. The predicted octanol–water partition coefficient (Wildman–Crippen LogP) is 2.35. The SMILES string of the molecule is CC1CCC(C(=O)N2CCCCCCC2)O1. The lowest BCUT2D eigenvalue weighted by Gasteiger charge is -2.27. The summed E-state index contributed by atoms with van der Waals surface area (Å²) in [6, 6.07) is 0. The molecule has 16 heavy (non-hydrogen) atoms. The standard InChI is InChI=1S/C13H23NO2/c1-11-7-8-12(16-11)13(15)14-9-5-3-2-4-6-10-14/h11-12H,2-10H2,1H3. The predicted molar refractivity (Wildman–Crippen MR) is 63.2 cm³/mol. The fourth-order valence-electron chi connectivity index (χ4n) is 2.66. The number of rotatable bonds is 1. The fraction of sp³-hybridized carbons (Fsp3) is 0.923. The van der Waals surface area contributed by atoms with Crippen molar-refractivity contribution in [3.05, 3.63) is 0 Å². The highest BCUT2D eigenvalue weighted by Crippen LogP contribution is 2.22. The molecular weight excluding hydrogens is 202 g/mol. The molecule has 0 aromatic rings. The molecule has 2 saturated heterocycles. The molecule has 92 valence electrons. The van der Waals surface area contributed by atoms with E-state index in [1.165, 1.54) is 19.3 Å². The van der Waals surface area contributed by atoms with E-state index in [-0.39, 0.29) is 18.1 Å². The third-order valence-corrected chi connectivity index (χ3v) is 3.68. The quantitative estimate of drug-likeness (QED) is 0.685. The van der Waals surface area contributed by atoms with Crippen molar-refractivity contribution in [1.82, 2.24) is 4.90 Å². The number of carbonyl (C=O) groups excluding carboxylic acids is 1. The van der Waals surface area contributed by atoms with Crippen molar-refractivity contribution in [2.24, 2.45) is 0 Å². The lowest BCUT2D eigenvalue weighted by atomic mass is 10.1. The van der Waals surface area contributed by atoms with E-state index in [0.29, 0.717) is 0 Å². The molecule has 0 aliphatic carbocycles. The van der Waals surface area contributed by atoms with Gasteiger partial charge in [-0.1, -0.05) is 19.3 Å². The molecule has 2 aliphatic heterocycles. The van der Waals surface area contributed by atoms with Crippen molar-refractivity contribution in [3.63, 3.8) is 0 Å². The minimum atomic E-state index is -0.144. The Balaban J connectivity index is 1.86. The molecule has 0 N–H and O–H groups in total. The first-order valence-electron chi connectivity index (χ1n) is 6.71. The molecule has 0 saturated carbocycles. The molecule has 1 amide bonds. The maximum atomic E-state index is 12.2. The molecular formula is C13H23NO2. The molecule has 2 rings (SSSR count). The first-order valence-corrected chi connectivity index (χ1v) is 6.71. The summed E-state index contributed by atoms with van der Waals surface area (Å²) in [6.07, 6.45) is 8.26. The van der Waals surface area contributed by atoms with E-state index in [1.807, 2.05) is 4.90 Å². The topological polar surface area (TPSA) is 29.5 Å². The highest BCUT2D eigenvalue weighted by Gasteiger charge is 2.31. The number of amides is 1. The van der Waals surface area contributed by atoms with Gasteiger partial charge in [0, 0.05) is 13.1 Å². The Morgan fingerprint density at radius 1 is 1.06 bits per heavy atom. The summed E-state index contributed by atoms with van der Waals surface area (Å²) in [4.78, 5) is 14.2. The summed E-state index contributed by atoms with van der Waals surface area (Å²) in [5, 5.41) is 0. The van der Waals surface area contributed by atoms with Gasteiger partial charge < -0.3 is 9.64 Å². The molecule has 2 heterocycles. The third kappa shape index (κ3) is 2.97. The fourth-order valence-corrected chi connectivity index (χ4v) is 2.66. The van der Waals surface area contributed by atoms with Crippen LogP contribution in [0.3, 0.4) is 0 Å². The van der Waals surface area contributed by atoms with Crippen LogP contribution in [0.5, 0.6) is 0 Å². The van der Waals surface area contributed by atoms with Crippen molar-refractivity contribution in [1.29, 1.82) is 0 Å². The second kappa shape index (κ2) is 5.67. The molecule has 3 heteroatoms. The molecule has 3 nitrogen and oxygen atoms in total. The van der Waals surface area contributed by atoms with Crippen molar-refractivity contribution in [3.8, 4) is 0 Å². The van der Waals surface area contributed by atoms with Gasteiger partial charge in [0.25, 0.3) is 5.91 Å². The lowest BCUT2D eigenvalue weighted by molar-refractivity contribution is -0.143. The Morgan fingerprint density at radius 3 is 2.25 bits per heavy atom. The first kappa shape index (κ1) is 11.9. The lowest BCUT2D eigenvalue weighted by Crippen LogP contribution is -2.40. The van der Waals surface area contributed by atoms with Crippen LogP contribution in [-0.2, 0) is 9.53 Å². The summed E-state index contributed by atoms with van der Waals surface area (Å²) < 4.78 is 5.66. The van der Waals surface area contributed by atoms with Gasteiger partial charge >= 0.3 is 0 Å². The van der Waals surface area contributed by atoms with Crippen molar-refractivity contribution in [2.75, 3.05) is 13.1 Å². The molecule has 2 atom stereocenters. The number of hydrogen-bond donors (Lipinski definition) is 0. The molecule has 0 bridgehead atoms. The van der Waals surface area contributed by atoms with Crippen LogP contribution in [0.1, 0.15) is 51.9 Å². The number of hydrogen-bond acceptors (Lipinski definition) is 2. The summed E-state index contributed by atoms with van der Waals surface area (Å²) in [7, 11) is 0. The van der Waals surface area contributed by atoms with Crippen molar-refractivity contribution in [2.45, 2.75) is 64.1 Å². The summed E-state index contributed by atoms with van der Waals surface area (Å²) in [5.41, 5.74) is 0. The maximum absolute atomic E-state index is 12.2. The molecule has 0 aromatic heterocycles. The highest BCUT2D eigenvalue weighted by atomic mass is 16.5. The van der Waals surface area contributed by atoms with Crippen molar-refractivity contribution >= 4 is 5.91 Å². The van der Waals surface area contributed by atoms with Crippen LogP contribution in [0.2, 0.25) is 0 Å². The van der Waals surface area contributed by atoms with Crippen LogP contribution in [-0.4, -0.2) is 36.1 Å². The van der Waals surface area contributed by atoms with Gasteiger partial charge in [-0.25, -0.2) is 0 Å². The Labute approximate surface area is 98.1 Å². The van der Waals surface area contributed by atoms with Gasteiger partial charge in [-0.05, 0) is 32.6 Å². The van der Waals surface area contributed by atoms with Crippen LogP contribution in [0, 0.1) is 0 Å². The molecule has 2 aliphatic rings. The number of carbonyl (C=O) groups is 1. The van der Waals surface area contributed by atoms with Gasteiger partial charge in [0.15, 0.2) is 0 Å². The molecule has 0 spiro atoms. The largest absolute Gasteiger partial charge is 0.365 e. The second-order valence-corrected chi connectivity index (χ2v) is 5.11. The van der Waals surface area contributed by atoms with E-state index in [1.54, 1.807) is 0 Å². The van der Waals surface area contributed by atoms with Crippen LogP contribution in [0.15, 0.2) is 0 Å². The van der Waals surface area contributed by atoms with Gasteiger partial charge in [-0.3, -0.25) is 4.79 Å². The zero-order chi connectivity index (χ0) is 11.4. The molecule has 2 unspecified atom stereocenters. The molecule has 0 radical (unpaired) electrons. The minimum absolute atomic E-state index is 0.144. The van der Waals surface area contributed by atoms with Gasteiger partial charge in [0.2, 0.25) is 0 Å². The average molecular weight is 225 g/mol. The summed E-state index contributed by atoms with van der Waals surface area (Å²) in [6.45, 7) is 3.93. The van der Waals surface area contributed by atoms with E-state index in [4.69, 9.17) is 4.74 Å². The van der Waals surface area contributed by atoms with E-state index in [2.05, 4.69) is 6.92 Å². The van der Waals surface area contributed by atoms with E-state index in [9.17, 15) is 4.79 Å². The summed E-state index contributed by atoms with van der Waals surface area (Å²) >= 11 is 0. The third-order valence-electron chi connectivity index (χ3n) is 3.68. The van der Waals surface area contributed by atoms with Gasteiger partial charge in [-0.2, -0.15) is 0 Å². The Hall–Kier alpha value is -0.570. The van der Waals surface area contributed by atoms with Crippen LogP contribution in [0.25, 0.3) is 0 Å².